The molecule has 0 aromatic heterocycles. The number of fused-ring (bicyclic) bond motifs is 1. The van der Waals surface area contributed by atoms with Gasteiger partial charge in [-0.3, -0.25) is 9.79 Å². The van der Waals surface area contributed by atoms with Crippen molar-refractivity contribution in [3.63, 3.8) is 0 Å². The number of aliphatic imine (C=N–C) groups is 1. The smallest absolute Gasteiger partial charge is 0.170 e. The van der Waals surface area contributed by atoms with Crippen molar-refractivity contribution in [2.75, 3.05) is 0 Å². The molecule has 1 aromatic carbocycles. The van der Waals surface area contributed by atoms with Gasteiger partial charge in [0.2, 0.25) is 0 Å². The third-order valence-corrected chi connectivity index (χ3v) is 2.69. The van der Waals surface area contributed by atoms with Gasteiger partial charge in [0, 0.05) is 17.7 Å². The van der Waals surface area contributed by atoms with Crippen LogP contribution in [-0.4, -0.2) is 17.6 Å². The monoisotopic (exact) mass is 231 g/mol. The zero-order chi connectivity index (χ0) is 12.4. The minimum Gasteiger partial charge on any atom is -0.491 e. The summed E-state index contributed by atoms with van der Waals surface area (Å²) in [5.41, 5.74) is 2.41. The van der Waals surface area contributed by atoms with E-state index in [0.29, 0.717) is 12.0 Å². The molecule has 1 aliphatic rings. The van der Waals surface area contributed by atoms with Crippen molar-refractivity contribution in [1.82, 2.24) is 0 Å². The standard InChI is InChI=1S/C14H17NO2/c1-4-10-7-14(16)12-8-11(17-9(2)3)5-6-13(12)15-10/h5-6,8-9H,4,7H2,1-3H3. The molecular formula is C14H17NO2. The third-order valence-electron chi connectivity index (χ3n) is 2.69. The highest BCUT2D eigenvalue weighted by Gasteiger charge is 2.19. The van der Waals surface area contributed by atoms with Gasteiger partial charge in [-0.2, -0.15) is 0 Å². The molecule has 0 unspecified atom stereocenters. The van der Waals surface area contributed by atoms with E-state index >= 15 is 0 Å². The van der Waals surface area contributed by atoms with Crippen LogP contribution in [0.1, 0.15) is 44.0 Å². The van der Waals surface area contributed by atoms with Crippen LogP contribution in [0.4, 0.5) is 5.69 Å². The normalized spacial score (nSPS) is 14.6. The first kappa shape index (κ1) is 11.8. The number of rotatable bonds is 3. The molecule has 1 aliphatic heterocycles. The number of carbonyl (C=O) groups is 1. The Labute approximate surface area is 102 Å². The molecular weight excluding hydrogens is 214 g/mol. The third kappa shape index (κ3) is 2.54. The predicted molar refractivity (Wildman–Crippen MR) is 68.5 cm³/mol. The minimum atomic E-state index is 0.112. The largest absolute Gasteiger partial charge is 0.491 e. The number of benzene rings is 1. The van der Waals surface area contributed by atoms with E-state index in [1.165, 1.54) is 0 Å². The summed E-state index contributed by atoms with van der Waals surface area (Å²) in [6.45, 7) is 5.95. The quantitative estimate of drug-likeness (QED) is 0.798. The zero-order valence-corrected chi connectivity index (χ0v) is 10.5. The summed E-state index contributed by atoms with van der Waals surface area (Å²) in [5, 5.41) is 0. The summed E-state index contributed by atoms with van der Waals surface area (Å²) in [6.07, 6.45) is 1.38. The number of carbonyl (C=O) groups excluding carboxylic acids is 1. The molecule has 3 nitrogen and oxygen atoms in total. The van der Waals surface area contributed by atoms with Crippen molar-refractivity contribution >= 4 is 17.2 Å². The molecule has 17 heavy (non-hydrogen) atoms. The number of hydrogen-bond acceptors (Lipinski definition) is 3. The van der Waals surface area contributed by atoms with Crippen LogP contribution in [-0.2, 0) is 0 Å². The molecule has 0 saturated heterocycles. The Morgan fingerprint density at radius 1 is 1.41 bits per heavy atom. The molecule has 90 valence electrons. The fraction of sp³-hybridized carbons (Fsp3) is 0.429. The Morgan fingerprint density at radius 3 is 2.82 bits per heavy atom. The fourth-order valence-electron chi connectivity index (χ4n) is 1.88. The predicted octanol–water partition coefficient (Wildman–Crippen LogP) is 3.54. The van der Waals surface area contributed by atoms with Crippen LogP contribution in [0.25, 0.3) is 0 Å². The van der Waals surface area contributed by atoms with Crippen LogP contribution in [0.5, 0.6) is 5.75 Å². The highest BCUT2D eigenvalue weighted by Crippen LogP contribution is 2.30. The Bertz CT molecular complexity index is 475. The maximum absolute atomic E-state index is 12.0. The molecule has 0 N–H and O–H groups in total. The van der Waals surface area contributed by atoms with Crippen LogP contribution in [0, 0.1) is 0 Å². The van der Waals surface area contributed by atoms with Gasteiger partial charge < -0.3 is 4.74 Å². The molecule has 0 fully saturated rings. The molecule has 2 rings (SSSR count). The highest BCUT2D eigenvalue weighted by molar-refractivity contribution is 6.15. The number of Topliss-reactive ketones (excluding diaryl/α,β-unsaturated/α-hetero) is 1. The van der Waals surface area contributed by atoms with Crippen LogP contribution < -0.4 is 4.74 Å². The lowest BCUT2D eigenvalue weighted by atomic mass is 9.99. The van der Waals surface area contributed by atoms with Gasteiger partial charge in [-0.05, 0) is 38.5 Å². The average molecular weight is 231 g/mol. The highest BCUT2D eigenvalue weighted by atomic mass is 16.5. The van der Waals surface area contributed by atoms with Gasteiger partial charge in [-0.15, -0.1) is 0 Å². The van der Waals surface area contributed by atoms with Gasteiger partial charge in [0.25, 0.3) is 0 Å². The lowest BCUT2D eigenvalue weighted by Crippen LogP contribution is -2.13. The maximum atomic E-state index is 12.0. The van der Waals surface area contributed by atoms with Crippen molar-refractivity contribution in [2.24, 2.45) is 4.99 Å². The second-order valence-corrected chi connectivity index (χ2v) is 4.48. The van der Waals surface area contributed by atoms with Crippen molar-refractivity contribution in [3.05, 3.63) is 23.8 Å². The van der Waals surface area contributed by atoms with Crippen LogP contribution in [0.15, 0.2) is 23.2 Å². The summed E-state index contributed by atoms with van der Waals surface area (Å²) in [5.74, 6) is 0.878. The molecule has 0 spiro atoms. The minimum absolute atomic E-state index is 0.112. The Balaban J connectivity index is 2.36. The number of nitrogens with zero attached hydrogens (tertiary/aromatic N) is 1. The van der Waals surface area contributed by atoms with Crippen LogP contribution in [0.3, 0.4) is 0 Å². The van der Waals surface area contributed by atoms with Gasteiger partial charge in [0.1, 0.15) is 5.75 Å². The number of hydrogen-bond donors (Lipinski definition) is 0. The Kier molecular flexibility index (Phi) is 3.27. The zero-order valence-electron chi connectivity index (χ0n) is 10.5. The number of ether oxygens (including phenoxy) is 1. The van der Waals surface area contributed by atoms with Gasteiger partial charge in [0.15, 0.2) is 5.78 Å². The van der Waals surface area contributed by atoms with Gasteiger partial charge in [0.05, 0.1) is 11.8 Å². The maximum Gasteiger partial charge on any atom is 0.170 e. The first-order chi connectivity index (χ1) is 8.10. The molecule has 0 bridgehead atoms. The summed E-state index contributed by atoms with van der Waals surface area (Å²) in [4.78, 5) is 16.4. The SMILES string of the molecule is CCC1=Nc2ccc(OC(C)C)cc2C(=O)C1. The van der Waals surface area contributed by atoms with Gasteiger partial charge >= 0.3 is 0 Å². The lowest BCUT2D eigenvalue weighted by molar-refractivity contribution is 0.0998. The molecule has 0 aliphatic carbocycles. The first-order valence-corrected chi connectivity index (χ1v) is 6.00. The van der Waals surface area contributed by atoms with E-state index in [2.05, 4.69) is 4.99 Å². The summed E-state index contributed by atoms with van der Waals surface area (Å²) >= 11 is 0. The van der Waals surface area contributed by atoms with Gasteiger partial charge in [-0.1, -0.05) is 6.92 Å². The second-order valence-electron chi connectivity index (χ2n) is 4.48. The van der Waals surface area contributed by atoms with E-state index in [1.54, 1.807) is 6.07 Å². The molecule has 0 saturated carbocycles. The van der Waals surface area contributed by atoms with Gasteiger partial charge in [-0.25, -0.2) is 0 Å². The van der Waals surface area contributed by atoms with E-state index in [1.807, 2.05) is 32.9 Å². The summed E-state index contributed by atoms with van der Waals surface area (Å²) < 4.78 is 5.58. The molecule has 0 amide bonds. The van der Waals surface area contributed by atoms with E-state index in [9.17, 15) is 4.79 Å². The van der Waals surface area contributed by atoms with Crippen LogP contribution >= 0.6 is 0 Å². The van der Waals surface area contributed by atoms with E-state index in [-0.39, 0.29) is 11.9 Å². The molecule has 0 atom stereocenters. The Hall–Kier alpha value is -1.64. The van der Waals surface area contributed by atoms with Crippen molar-refractivity contribution in [3.8, 4) is 5.75 Å². The van der Waals surface area contributed by atoms with Crippen molar-refractivity contribution in [2.45, 2.75) is 39.7 Å². The summed E-state index contributed by atoms with van der Waals surface area (Å²) in [7, 11) is 0. The number of ketones is 1. The lowest BCUT2D eigenvalue weighted by Gasteiger charge is -2.16. The van der Waals surface area contributed by atoms with E-state index in [0.717, 1.165) is 23.6 Å². The Morgan fingerprint density at radius 2 is 2.18 bits per heavy atom. The topological polar surface area (TPSA) is 38.7 Å². The van der Waals surface area contributed by atoms with Crippen molar-refractivity contribution in [1.29, 1.82) is 0 Å². The molecule has 0 radical (unpaired) electrons. The fourth-order valence-corrected chi connectivity index (χ4v) is 1.88. The summed E-state index contributed by atoms with van der Waals surface area (Å²) in [6, 6.07) is 5.53. The molecule has 1 heterocycles. The second kappa shape index (κ2) is 4.70. The van der Waals surface area contributed by atoms with E-state index in [4.69, 9.17) is 4.74 Å². The average Bonchev–Trinajstić information content (AvgIpc) is 2.29. The van der Waals surface area contributed by atoms with Crippen LogP contribution in [0.2, 0.25) is 0 Å². The molecule has 3 heteroatoms. The van der Waals surface area contributed by atoms with Crippen molar-refractivity contribution < 1.29 is 9.53 Å². The molecule has 1 aromatic rings. The van der Waals surface area contributed by atoms with E-state index < -0.39 is 0 Å². The first-order valence-electron chi connectivity index (χ1n) is 6.00.